The lowest BCUT2D eigenvalue weighted by atomic mass is 10.1. The van der Waals surface area contributed by atoms with E-state index in [0.29, 0.717) is 0 Å². The van der Waals surface area contributed by atoms with Gasteiger partial charge in [-0.1, -0.05) is 23.7 Å². The van der Waals surface area contributed by atoms with Crippen LogP contribution in [0, 0.1) is 10.6 Å². The summed E-state index contributed by atoms with van der Waals surface area (Å²) in [6, 6.07) is 4.33. The average Bonchev–Trinajstić information content (AvgIpc) is 2.23. The number of anilines is 1. The Kier molecular flexibility index (Phi) is 2.99. The lowest BCUT2D eigenvalue weighted by Crippen LogP contribution is -2.14. The number of nitrogen functional groups attached to an aromatic ring is 1. The van der Waals surface area contributed by atoms with Crippen molar-refractivity contribution in [2.24, 2.45) is 0 Å². The lowest BCUT2D eigenvalue weighted by Gasteiger charge is -2.06. The first-order chi connectivity index (χ1) is 8.00. The quantitative estimate of drug-likeness (QED) is 0.698. The standard InChI is InChI=1S/C10H7ClFN3OS/c11-5-3-1-2-4(7(5)12)6-8(13)14-10(17)15-9(6)16/h1-3H,(H4,13,14,15,16,17). The third kappa shape index (κ3) is 2.09. The van der Waals surface area contributed by atoms with Crippen LogP contribution in [0.3, 0.4) is 0 Å². The summed E-state index contributed by atoms with van der Waals surface area (Å²) >= 11 is 10.4. The zero-order valence-corrected chi connectivity index (χ0v) is 9.95. The van der Waals surface area contributed by atoms with Crippen LogP contribution < -0.4 is 11.3 Å². The third-order valence-electron chi connectivity index (χ3n) is 2.19. The highest BCUT2D eigenvalue weighted by Gasteiger charge is 2.15. The van der Waals surface area contributed by atoms with Crippen LogP contribution in [-0.4, -0.2) is 9.97 Å². The molecule has 1 heterocycles. The lowest BCUT2D eigenvalue weighted by molar-refractivity contribution is 0.631. The summed E-state index contributed by atoms with van der Waals surface area (Å²) in [5.74, 6) is -0.697. The highest BCUT2D eigenvalue weighted by molar-refractivity contribution is 7.71. The molecule has 0 atom stereocenters. The Hall–Kier alpha value is -1.66. The molecule has 0 aliphatic carbocycles. The van der Waals surface area contributed by atoms with E-state index in [0.717, 1.165) is 0 Å². The van der Waals surface area contributed by atoms with E-state index in [1.165, 1.54) is 18.2 Å². The molecule has 7 heteroatoms. The molecule has 0 amide bonds. The van der Waals surface area contributed by atoms with Gasteiger partial charge < -0.3 is 10.7 Å². The fraction of sp³-hybridized carbons (Fsp3) is 0. The number of halogens is 2. The van der Waals surface area contributed by atoms with Gasteiger partial charge in [-0.05, 0) is 18.3 Å². The molecule has 0 fully saturated rings. The Balaban J connectivity index is 2.82. The van der Waals surface area contributed by atoms with E-state index in [-0.39, 0.29) is 26.7 Å². The van der Waals surface area contributed by atoms with Crippen molar-refractivity contribution in [3.05, 3.63) is 44.2 Å². The van der Waals surface area contributed by atoms with Gasteiger partial charge in [0.1, 0.15) is 11.6 Å². The van der Waals surface area contributed by atoms with Crippen molar-refractivity contribution in [3.63, 3.8) is 0 Å². The second-order valence-electron chi connectivity index (χ2n) is 3.30. The molecule has 0 aliphatic rings. The highest BCUT2D eigenvalue weighted by atomic mass is 35.5. The second-order valence-corrected chi connectivity index (χ2v) is 4.11. The fourth-order valence-corrected chi connectivity index (χ4v) is 1.85. The Labute approximate surface area is 105 Å². The van der Waals surface area contributed by atoms with Crippen LogP contribution in [0.2, 0.25) is 5.02 Å². The van der Waals surface area contributed by atoms with Gasteiger partial charge in [0, 0.05) is 5.56 Å². The molecule has 0 saturated carbocycles. The third-order valence-corrected chi connectivity index (χ3v) is 2.69. The van der Waals surface area contributed by atoms with Crippen molar-refractivity contribution in [3.8, 4) is 11.1 Å². The smallest absolute Gasteiger partial charge is 0.261 e. The topological polar surface area (TPSA) is 74.7 Å². The van der Waals surface area contributed by atoms with Crippen LogP contribution >= 0.6 is 23.8 Å². The summed E-state index contributed by atoms with van der Waals surface area (Å²) in [5.41, 5.74) is 5.07. The maximum atomic E-state index is 13.8. The monoisotopic (exact) mass is 271 g/mol. The fourth-order valence-electron chi connectivity index (χ4n) is 1.47. The van der Waals surface area contributed by atoms with E-state index >= 15 is 0 Å². The molecule has 1 aromatic carbocycles. The molecular formula is C10H7ClFN3OS. The molecule has 0 radical (unpaired) electrons. The van der Waals surface area contributed by atoms with Gasteiger partial charge in [-0.3, -0.25) is 9.78 Å². The van der Waals surface area contributed by atoms with Crippen molar-refractivity contribution in [2.45, 2.75) is 0 Å². The minimum absolute atomic E-state index is 0.0000772. The van der Waals surface area contributed by atoms with Gasteiger partial charge in [0.15, 0.2) is 4.77 Å². The number of rotatable bonds is 1. The van der Waals surface area contributed by atoms with E-state index < -0.39 is 11.4 Å². The molecule has 0 bridgehead atoms. The normalized spacial score (nSPS) is 10.5. The largest absolute Gasteiger partial charge is 0.385 e. The Morgan fingerprint density at radius 2 is 2.06 bits per heavy atom. The summed E-state index contributed by atoms with van der Waals surface area (Å²) in [6.45, 7) is 0. The first-order valence-corrected chi connectivity index (χ1v) is 5.36. The van der Waals surface area contributed by atoms with Gasteiger partial charge >= 0.3 is 0 Å². The van der Waals surface area contributed by atoms with Crippen LogP contribution in [0.5, 0.6) is 0 Å². The van der Waals surface area contributed by atoms with Crippen molar-refractivity contribution in [1.82, 2.24) is 9.97 Å². The number of aromatic nitrogens is 2. The Morgan fingerprint density at radius 1 is 1.35 bits per heavy atom. The van der Waals surface area contributed by atoms with E-state index in [9.17, 15) is 9.18 Å². The molecule has 0 unspecified atom stereocenters. The second kappa shape index (κ2) is 4.31. The van der Waals surface area contributed by atoms with Crippen molar-refractivity contribution < 1.29 is 4.39 Å². The van der Waals surface area contributed by atoms with Crippen LogP contribution in [0.1, 0.15) is 0 Å². The van der Waals surface area contributed by atoms with E-state index in [1.807, 2.05) is 0 Å². The molecule has 2 aromatic rings. The van der Waals surface area contributed by atoms with E-state index in [4.69, 9.17) is 29.6 Å². The molecule has 0 aliphatic heterocycles. The Bertz CT molecular complexity index is 695. The molecular weight excluding hydrogens is 265 g/mol. The molecule has 0 spiro atoms. The predicted molar refractivity (Wildman–Crippen MR) is 67.1 cm³/mol. The summed E-state index contributed by atoms with van der Waals surface area (Å²) in [4.78, 5) is 16.6. The summed E-state index contributed by atoms with van der Waals surface area (Å²) in [7, 11) is 0. The van der Waals surface area contributed by atoms with Gasteiger partial charge in [-0.25, -0.2) is 4.39 Å². The number of nitrogens with one attached hydrogen (secondary N) is 2. The zero-order valence-electron chi connectivity index (χ0n) is 8.38. The minimum atomic E-state index is -0.697. The first kappa shape index (κ1) is 11.8. The van der Waals surface area contributed by atoms with Crippen LogP contribution in [0.4, 0.5) is 10.2 Å². The van der Waals surface area contributed by atoms with Crippen LogP contribution in [-0.2, 0) is 0 Å². The van der Waals surface area contributed by atoms with E-state index in [2.05, 4.69) is 9.97 Å². The number of nitrogens with two attached hydrogens (primary N) is 1. The molecule has 17 heavy (non-hydrogen) atoms. The minimum Gasteiger partial charge on any atom is -0.385 e. The highest BCUT2D eigenvalue weighted by Crippen LogP contribution is 2.27. The average molecular weight is 272 g/mol. The number of hydrogen-bond donors (Lipinski definition) is 3. The van der Waals surface area contributed by atoms with Gasteiger partial charge in [0.25, 0.3) is 5.56 Å². The number of aromatic amines is 2. The number of hydrogen-bond acceptors (Lipinski definition) is 3. The van der Waals surface area contributed by atoms with Gasteiger partial charge in [-0.15, -0.1) is 0 Å². The number of H-pyrrole nitrogens is 2. The van der Waals surface area contributed by atoms with Gasteiger partial charge in [-0.2, -0.15) is 0 Å². The summed E-state index contributed by atoms with van der Waals surface area (Å²) in [5, 5.41) is -0.0799. The Morgan fingerprint density at radius 3 is 2.71 bits per heavy atom. The summed E-state index contributed by atoms with van der Waals surface area (Å²) in [6.07, 6.45) is 0. The van der Waals surface area contributed by atoms with E-state index in [1.54, 1.807) is 0 Å². The number of benzene rings is 1. The molecule has 2 rings (SSSR count). The molecule has 1 aromatic heterocycles. The van der Waals surface area contributed by atoms with Crippen molar-refractivity contribution in [2.75, 3.05) is 5.73 Å². The molecule has 4 nitrogen and oxygen atoms in total. The zero-order chi connectivity index (χ0) is 12.6. The molecule has 4 N–H and O–H groups in total. The summed E-state index contributed by atoms with van der Waals surface area (Å²) < 4.78 is 13.8. The first-order valence-electron chi connectivity index (χ1n) is 4.57. The predicted octanol–water partition coefficient (Wildman–Crippen LogP) is 2.47. The molecule has 88 valence electrons. The van der Waals surface area contributed by atoms with Gasteiger partial charge in [0.05, 0.1) is 10.6 Å². The van der Waals surface area contributed by atoms with Gasteiger partial charge in [0.2, 0.25) is 0 Å². The van der Waals surface area contributed by atoms with Crippen molar-refractivity contribution in [1.29, 1.82) is 0 Å². The molecule has 0 saturated heterocycles. The maximum Gasteiger partial charge on any atom is 0.261 e. The van der Waals surface area contributed by atoms with Crippen LogP contribution in [0.25, 0.3) is 11.1 Å². The van der Waals surface area contributed by atoms with Crippen LogP contribution in [0.15, 0.2) is 23.0 Å². The maximum absolute atomic E-state index is 13.8. The van der Waals surface area contributed by atoms with Crippen molar-refractivity contribution >= 4 is 29.6 Å². The SMILES string of the molecule is Nc1[nH]c(=S)[nH]c(=O)c1-c1cccc(Cl)c1F.